The smallest absolute Gasteiger partial charge is 0.252 e. The van der Waals surface area contributed by atoms with Crippen molar-refractivity contribution >= 4 is 11.7 Å². The molecule has 7 nitrogen and oxygen atoms in total. The molecule has 134 valence electrons. The molecule has 2 aromatic heterocycles. The number of rotatable bonds is 6. The zero-order chi connectivity index (χ0) is 18.5. The van der Waals surface area contributed by atoms with Gasteiger partial charge in [0.15, 0.2) is 0 Å². The third-order valence-electron chi connectivity index (χ3n) is 3.96. The number of carbonyl (C=O) groups is 1. The Morgan fingerprint density at radius 3 is 2.50 bits per heavy atom. The summed E-state index contributed by atoms with van der Waals surface area (Å²) < 4.78 is 1.54. The van der Waals surface area contributed by atoms with E-state index >= 15 is 0 Å². The quantitative estimate of drug-likeness (QED) is 0.712. The van der Waals surface area contributed by atoms with E-state index in [1.807, 2.05) is 50.2 Å². The standard InChI is InChI=1S/C19H22N6O/c1-13(2)16-12-17(25(24-16)19-21-9-6-10-22-19)23-18(26)11-15(20)14-7-4-3-5-8-14/h3-10,12-13,15H,11,20H2,1-2H3,(H,23,26). The van der Waals surface area contributed by atoms with Gasteiger partial charge in [-0.15, -0.1) is 0 Å². The van der Waals surface area contributed by atoms with Gasteiger partial charge >= 0.3 is 0 Å². The largest absolute Gasteiger partial charge is 0.324 e. The van der Waals surface area contributed by atoms with Crippen LogP contribution in [-0.2, 0) is 4.79 Å². The molecular weight excluding hydrogens is 328 g/mol. The number of nitrogens with one attached hydrogen (secondary N) is 1. The summed E-state index contributed by atoms with van der Waals surface area (Å²) in [6.07, 6.45) is 3.44. The Morgan fingerprint density at radius 2 is 1.85 bits per heavy atom. The zero-order valence-corrected chi connectivity index (χ0v) is 14.8. The number of anilines is 1. The Balaban J connectivity index is 1.79. The molecule has 0 bridgehead atoms. The van der Waals surface area contributed by atoms with Gasteiger partial charge < -0.3 is 11.1 Å². The Morgan fingerprint density at radius 1 is 1.15 bits per heavy atom. The van der Waals surface area contributed by atoms with E-state index in [-0.39, 0.29) is 24.3 Å². The van der Waals surface area contributed by atoms with Gasteiger partial charge in [-0.3, -0.25) is 4.79 Å². The molecule has 26 heavy (non-hydrogen) atoms. The van der Waals surface area contributed by atoms with Crippen molar-refractivity contribution in [3.63, 3.8) is 0 Å². The summed E-state index contributed by atoms with van der Waals surface area (Å²) in [5.74, 6) is 0.961. The molecule has 1 atom stereocenters. The molecule has 1 aromatic carbocycles. The molecule has 3 rings (SSSR count). The maximum Gasteiger partial charge on any atom is 0.252 e. The molecule has 7 heteroatoms. The van der Waals surface area contributed by atoms with Crippen LogP contribution in [0, 0.1) is 0 Å². The lowest BCUT2D eigenvalue weighted by Gasteiger charge is -2.12. The Kier molecular flexibility index (Phi) is 5.38. The van der Waals surface area contributed by atoms with Gasteiger partial charge in [0.2, 0.25) is 5.91 Å². The lowest BCUT2D eigenvalue weighted by Crippen LogP contribution is -2.22. The molecule has 2 heterocycles. The van der Waals surface area contributed by atoms with Crippen molar-refractivity contribution in [2.24, 2.45) is 5.73 Å². The second-order valence-corrected chi connectivity index (χ2v) is 6.34. The van der Waals surface area contributed by atoms with Gasteiger partial charge in [0.05, 0.1) is 5.69 Å². The van der Waals surface area contributed by atoms with Crippen LogP contribution in [0.1, 0.15) is 43.5 Å². The van der Waals surface area contributed by atoms with Crippen molar-refractivity contribution < 1.29 is 4.79 Å². The van der Waals surface area contributed by atoms with Crippen LogP contribution in [0.3, 0.4) is 0 Å². The number of nitrogens with two attached hydrogens (primary N) is 1. The van der Waals surface area contributed by atoms with Crippen LogP contribution in [0.5, 0.6) is 0 Å². The van der Waals surface area contributed by atoms with Crippen molar-refractivity contribution in [1.82, 2.24) is 19.7 Å². The highest BCUT2D eigenvalue weighted by Crippen LogP contribution is 2.21. The molecule has 3 aromatic rings. The van der Waals surface area contributed by atoms with E-state index in [1.165, 1.54) is 0 Å². The van der Waals surface area contributed by atoms with Crippen LogP contribution in [0.2, 0.25) is 0 Å². The number of hydrogen-bond acceptors (Lipinski definition) is 5. The maximum absolute atomic E-state index is 12.5. The van der Waals surface area contributed by atoms with Gasteiger partial charge in [-0.05, 0) is 17.5 Å². The fourth-order valence-electron chi connectivity index (χ4n) is 2.54. The van der Waals surface area contributed by atoms with E-state index in [2.05, 4.69) is 20.4 Å². The van der Waals surface area contributed by atoms with Gasteiger partial charge in [-0.1, -0.05) is 44.2 Å². The highest BCUT2D eigenvalue weighted by Gasteiger charge is 2.17. The lowest BCUT2D eigenvalue weighted by atomic mass is 10.0. The summed E-state index contributed by atoms with van der Waals surface area (Å²) in [4.78, 5) is 20.9. The van der Waals surface area contributed by atoms with E-state index in [1.54, 1.807) is 23.1 Å². The summed E-state index contributed by atoms with van der Waals surface area (Å²) in [5.41, 5.74) is 7.91. The van der Waals surface area contributed by atoms with Crippen LogP contribution in [0.15, 0.2) is 54.9 Å². The maximum atomic E-state index is 12.5. The molecule has 0 radical (unpaired) electrons. The summed E-state index contributed by atoms with van der Waals surface area (Å²) >= 11 is 0. The average molecular weight is 350 g/mol. The minimum atomic E-state index is -0.370. The van der Waals surface area contributed by atoms with E-state index in [0.29, 0.717) is 11.8 Å². The van der Waals surface area contributed by atoms with E-state index < -0.39 is 0 Å². The second kappa shape index (κ2) is 7.88. The highest BCUT2D eigenvalue weighted by atomic mass is 16.1. The molecule has 1 unspecified atom stereocenters. The minimum absolute atomic E-state index is 0.169. The molecule has 0 aliphatic carbocycles. The number of carbonyl (C=O) groups excluding carboxylic acids is 1. The van der Waals surface area contributed by atoms with Crippen molar-refractivity contribution in [2.75, 3.05) is 5.32 Å². The van der Waals surface area contributed by atoms with Crippen molar-refractivity contribution in [3.8, 4) is 5.95 Å². The van der Waals surface area contributed by atoms with Crippen molar-refractivity contribution in [3.05, 3.63) is 66.1 Å². The summed E-state index contributed by atoms with van der Waals surface area (Å²) in [6.45, 7) is 4.07. The van der Waals surface area contributed by atoms with Gasteiger partial charge in [0, 0.05) is 30.9 Å². The lowest BCUT2D eigenvalue weighted by molar-refractivity contribution is -0.116. The van der Waals surface area contributed by atoms with Gasteiger partial charge in [-0.2, -0.15) is 9.78 Å². The molecule has 0 fully saturated rings. The van der Waals surface area contributed by atoms with Gasteiger partial charge in [0.1, 0.15) is 5.82 Å². The van der Waals surface area contributed by atoms with Crippen molar-refractivity contribution in [1.29, 1.82) is 0 Å². The topological polar surface area (TPSA) is 98.7 Å². The Labute approximate surface area is 152 Å². The predicted molar refractivity (Wildman–Crippen MR) is 99.9 cm³/mol. The van der Waals surface area contributed by atoms with Crippen molar-refractivity contribution in [2.45, 2.75) is 32.2 Å². The van der Waals surface area contributed by atoms with E-state index in [0.717, 1.165) is 11.3 Å². The summed E-state index contributed by atoms with van der Waals surface area (Å²) in [7, 11) is 0. The van der Waals surface area contributed by atoms with E-state index in [4.69, 9.17) is 5.73 Å². The van der Waals surface area contributed by atoms with Gasteiger partial charge in [-0.25, -0.2) is 9.97 Å². The number of aromatic nitrogens is 4. The normalized spacial score (nSPS) is 12.2. The minimum Gasteiger partial charge on any atom is -0.324 e. The summed E-state index contributed by atoms with van der Waals surface area (Å²) in [6, 6.07) is 12.8. The first-order chi connectivity index (χ1) is 12.5. The Bertz CT molecular complexity index is 860. The Hall–Kier alpha value is -3.06. The summed E-state index contributed by atoms with van der Waals surface area (Å²) in [5, 5.41) is 7.40. The van der Waals surface area contributed by atoms with Crippen LogP contribution < -0.4 is 11.1 Å². The second-order valence-electron chi connectivity index (χ2n) is 6.34. The molecule has 0 aliphatic rings. The van der Waals surface area contributed by atoms with E-state index in [9.17, 15) is 4.79 Å². The number of nitrogens with zero attached hydrogens (tertiary/aromatic N) is 4. The average Bonchev–Trinajstić information content (AvgIpc) is 3.07. The van der Waals surface area contributed by atoms with Crippen LogP contribution in [0.4, 0.5) is 5.82 Å². The number of hydrogen-bond donors (Lipinski definition) is 2. The third kappa shape index (κ3) is 4.12. The SMILES string of the molecule is CC(C)c1cc(NC(=O)CC(N)c2ccccc2)n(-c2ncccn2)n1. The third-order valence-corrected chi connectivity index (χ3v) is 3.96. The fourth-order valence-corrected chi connectivity index (χ4v) is 2.54. The molecule has 0 saturated heterocycles. The molecule has 0 aliphatic heterocycles. The molecule has 1 amide bonds. The zero-order valence-electron chi connectivity index (χ0n) is 14.8. The van der Waals surface area contributed by atoms with Gasteiger partial charge in [0.25, 0.3) is 5.95 Å². The van der Waals surface area contributed by atoms with Crippen LogP contribution >= 0.6 is 0 Å². The highest BCUT2D eigenvalue weighted by molar-refractivity contribution is 5.90. The molecule has 3 N–H and O–H groups in total. The molecular formula is C19H22N6O. The number of benzene rings is 1. The van der Waals surface area contributed by atoms with Crippen LogP contribution in [0.25, 0.3) is 5.95 Å². The monoisotopic (exact) mass is 350 g/mol. The fraction of sp³-hybridized carbons (Fsp3) is 0.263. The number of amides is 1. The predicted octanol–water partition coefficient (Wildman–Crippen LogP) is 2.81. The first-order valence-corrected chi connectivity index (χ1v) is 8.52. The first-order valence-electron chi connectivity index (χ1n) is 8.52. The first kappa shape index (κ1) is 17.8. The molecule has 0 saturated carbocycles. The molecule has 0 spiro atoms. The van der Waals surface area contributed by atoms with Crippen LogP contribution in [-0.4, -0.2) is 25.7 Å².